The first-order valence-corrected chi connectivity index (χ1v) is 11.5. The molecule has 200 valence electrons. The first-order valence-electron chi connectivity index (χ1n) is 11.5. The lowest BCUT2D eigenvalue weighted by atomic mass is 10.1. The molecular weight excluding hydrogens is 490 g/mol. The summed E-state index contributed by atoms with van der Waals surface area (Å²) in [7, 11) is 9.12. The summed E-state index contributed by atoms with van der Waals surface area (Å²) >= 11 is 0. The Hall–Kier alpha value is -4.79. The van der Waals surface area contributed by atoms with Gasteiger partial charge in [-0.15, -0.1) is 0 Å². The third kappa shape index (κ3) is 6.12. The van der Waals surface area contributed by atoms with Crippen LogP contribution < -0.4 is 33.7 Å². The predicted octanol–water partition coefficient (Wildman–Crippen LogP) is 5.42. The highest BCUT2D eigenvalue weighted by Gasteiger charge is 2.14. The SMILES string of the molecule is COc1ccc(C(=O)C=CNc2c(C=Cc3cc(OC)c(OC)c(OC)c3)ccc(OC)c2O)cc1OC. The van der Waals surface area contributed by atoms with Gasteiger partial charge in [-0.25, -0.2) is 0 Å². The molecule has 2 N–H and O–H groups in total. The minimum absolute atomic E-state index is 0.109. The third-order valence-corrected chi connectivity index (χ3v) is 5.67. The molecule has 0 fully saturated rings. The average molecular weight is 522 g/mol. The van der Waals surface area contributed by atoms with Gasteiger partial charge in [0.15, 0.2) is 40.3 Å². The topological polar surface area (TPSA) is 105 Å². The Morgan fingerprint density at radius 1 is 0.711 bits per heavy atom. The number of ether oxygens (including phenoxy) is 6. The molecule has 0 radical (unpaired) electrons. The standard InChI is InChI=1S/C29H31NO8/c1-33-22-11-10-20(17-24(22)35-3)21(31)13-14-30-27-19(9-12-23(34-2)28(27)32)8-7-18-15-25(36-4)29(38-6)26(16-18)37-5/h7-17,30,32H,1-6H3. The zero-order chi connectivity index (χ0) is 27.7. The van der Waals surface area contributed by atoms with Crippen molar-refractivity contribution in [2.24, 2.45) is 0 Å². The van der Waals surface area contributed by atoms with Gasteiger partial charge >= 0.3 is 0 Å². The molecule has 0 amide bonds. The molecule has 0 aliphatic carbocycles. The number of hydrogen-bond acceptors (Lipinski definition) is 9. The van der Waals surface area contributed by atoms with Crippen molar-refractivity contribution in [3.8, 4) is 40.2 Å². The van der Waals surface area contributed by atoms with Crippen LogP contribution in [0.1, 0.15) is 21.5 Å². The summed E-state index contributed by atoms with van der Waals surface area (Å²) in [4.78, 5) is 12.7. The maximum absolute atomic E-state index is 12.7. The summed E-state index contributed by atoms with van der Waals surface area (Å²) in [5.74, 6) is 2.38. The third-order valence-electron chi connectivity index (χ3n) is 5.67. The number of carbonyl (C=O) groups excluding carboxylic acids is 1. The first-order chi connectivity index (χ1) is 18.4. The van der Waals surface area contributed by atoms with E-state index >= 15 is 0 Å². The number of phenolic OH excluding ortho intramolecular Hbond substituents is 1. The van der Waals surface area contributed by atoms with Gasteiger partial charge in [0.2, 0.25) is 5.75 Å². The van der Waals surface area contributed by atoms with Crippen LogP contribution in [0.15, 0.2) is 54.7 Å². The van der Waals surface area contributed by atoms with Crippen molar-refractivity contribution in [1.29, 1.82) is 0 Å². The van der Waals surface area contributed by atoms with E-state index in [4.69, 9.17) is 28.4 Å². The average Bonchev–Trinajstić information content (AvgIpc) is 2.95. The van der Waals surface area contributed by atoms with Crippen LogP contribution in [0.25, 0.3) is 12.2 Å². The molecule has 0 aromatic heterocycles. The molecule has 0 heterocycles. The van der Waals surface area contributed by atoms with Gasteiger partial charge in [-0.2, -0.15) is 0 Å². The minimum Gasteiger partial charge on any atom is -0.503 e. The van der Waals surface area contributed by atoms with Crippen LogP contribution in [0.2, 0.25) is 0 Å². The lowest BCUT2D eigenvalue weighted by Crippen LogP contribution is -1.99. The molecule has 0 saturated carbocycles. The molecule has 9 nitrogen and oxygen atoms in total. The summed E-state index contributed by atoms with van der Waals surface area (Å²) in [5.41, 5.74) is 2.18. The number of phenols is 1. The molecule has 3 rings (SSSR count). The van der Waals surface area contributed by atoms with E-state index in [1.165, 1.54) is 40.7 Å². The van der Waals surface area contributed by atoms with Crippen molar-refractivity contribution < 1.29 is 38.3 Å². The number of nitrogens with one attached hydrogen (secondary N) is 1. The number of benzene rings is 3. The van der Waals surface area contributed by atoms with Gasteiger partial charge in [0.25, 0.3) is 0 Å². The molecule has 3 aromatic rings. The summed E-state index contributed by atoms with van der Waals surface area (Å²) in [6.45, 7) is 0. The Morgan fingerprint density at radius 2 is 1.32 bits per heavy atom. The zero-order valence-corrected chi connectivity index (χ0v) is 22.2. The molecule has 0 bridgehead atoms. The van der Waals surface area contributed by atoms with E-state index in [0.717, 1.165) is 5.56 Å². The zero-order valence-electron chi connectivity index (χ0n) is 22.2. The molecule has 0 unspecified atom stereocenters. The molecule has 0 aliphatic rings. The number of rotatable bonds is 12. The largest absolute Gasteiger partial charge is 0.503 e. The Balaban J connectivity index is 1.90. The van der Waals surface area contributed by atoms with Crippen LogP contribution in [0.5, 0.6) is 40.2 Å². The normalized spacial score (nSPS) is 10.9. The number of aromatic hydroxyl groups is 1. The monoisotopic (exact) mass is 521 g/mol. The van der Waals surface area contributed by atoms with Crippen LogP contribution in [-0.2, 0) is 0 Å². The Morgan fingerprint density at radius 3 is 1.89 bits per heavy atom. The molecule has 0 atom stereocenters. The Labute approximate surface area is 221 Å². The quantitative estimate of drug-likeness (QED) is 0.140. The molecule has 38 heavy (non-hydrogen) atoms. The highest BCUT2D eigenvalue weighted by atomic mass is 16.5. The van der Waals surface area contributed by atoms with Crippen molar-refractivity contribution >= 4 is 23.6 Å². The van der Waals surface area contributed by atoms with Crippen LogP contribution in [0.3, 0.4) is 0 Å². The predicted molar refractivity (Wildman–Crippen MR) is 146 cm³/mol. The number of carbonyl (C=O) groups is 1. The van der Waals surface area contributed by atoms with Crippen LogP contribution >= 0.6 is 0 Å². The maximum atomic E-state index is 12.7. The first kappa shape index (κ1) is 27.8. The number of hydrogen-bond donors (Lipinski definition) is 2. The number of methoxy groups -OCH3 is 6. The van der Waals surface area contributed by atoms with Crippen LogP contribution in [0.4, 0.5) is 5.69 Å². The van der Waals surface area contributed by atoms with Crippen molar-refractivity contribution in [1.82, 2.24) is 0 Å². The summed E-state index contributed by atoms with van der Waals surface area (Å²) in [6, 6.07) is 11.9. The van der Waals surface area contributed by atoms with Gasteiger partial charge in [0, 0.05) is 23.4 Å². The second kappa shape index (κ2) is 13.0. The summed E-state index contributed by atoms with van der Waals surface area (Å²) in [5, 5.41) is 13.8. The van der Waals surface area contributed by atoms with Gasteiger partial charge in [0.1, 0.15) is 0 Å². The molecule has 3 aromatic carbocycles. The fourth-order valence-electron chi connectivity index (χ4n) is 3.71. The fourth-order valence-corrected chi connectivity index (χ4v) is 3.71. The van der Waals surface area contributed by atoms with Gasteiger partial charge in [-0.1, -0.05) is 12.2 Å². The van der Waals surface area contributed by atoms with Crippen molar-refractivity contribution in [2.45, 2.75) is 0 Å². The number of allylic oxidation sites excluding steroid dienone is 1. The highest BCUT2D eigenvalue weighted by molar-refractivity contribution is 6.05. The second-order valence-corrected chi connectivity index (χ2v) is 7.78. The molecular formula is C29H31NO8. The second-order valence-electron chi connectivity index (χ2n) is 7.78. The molecule has 0 spiro atoms. The summed E-state index contributed by atoms with van der Waals surface area (Å²) < 4.78 is 32.0. The fraction of sp³-hybridized carbons (Fsp3) is 0.207. The minimum atomic E-state index is -0.268. The van der Waals surface area contributed by atoms with Crippen molar-refractivity contribution in [2.75, 3.05) is 48.0 Å². The Kier molecular flexibility index (Phi) is 9.48. The van der Waals surface area contributed by atoms with E-state index in [-0.39, 0.29) is 17.3 Å². The molecule has 0 aliphatic heterocycles. The van der Waals surface area contributed by atoms with E-state index in [2.05, 4.69) is 5.32 Å². The van der Waals surface area contributed by atoms with E-state index in [0.29, 0.717) is 45.6 Å². The molecule has 0 saturated heterocycles. The maximum Gasteiger partial charge on any atom is 0.203 e. The van der Waals surface area contributed by atoms with Gasteiger partial charge < -0.3 is 38.8 Å². The lowest BCUT2D eigenvalue weighted by molar-refractivity contribution is 0.104. The van der Waals surface area contributed by atoms with Gasteiger partial charge in [-0.3, -0.25) is 4.79 Å². The van der Waals surface area contributed by atoms with Crippen molar-refractivity contribution in [3.63, 3.8) is 0 Å². The van der Waals surface area contributed by atoms with E-state index in [9.17, 15) is 9.90 Å². The van der Waals surface area contributed by atoms with Gasteiger partial charge in [-0.05, 0) is 48.0 Å². The number of anilines is 1. The summed E-state index contributed by atoms with van der Waals surface area (Å²) in [6.07, 6.45) is 6.43. The highest BCUT2D eigenvalue weighted by Crippen LogP contribution is 2.40. The van der Waals surface area contributed by atoms with Crippen LogP contribution in [0, 0.1) is 0 Å². The van der Waals surface area contributed by atoms with Crippen LogP contribution in [-0.4, -0.2) is 53.5 Å². The van der Waals surface area contributed by atoms with E-state index in [1.807, 2.05) is 6.08 Å². The number of ketones is 1. The smallest absolute Gasteiger partial charge is 0.203 e. The van der Waals surface area contributed by atoms with E-state index in [1.54, 1.807) is 62.8 Å². The van der Waals surface area contributed by atoms with Crippen molar-refractivity contribution in [3.05, 3.63) is 71.4 Å². The molecule has 9 heteroatoms. The lowest BCUT2D eigenvalue weighted by Gasteiger charge is -2.14. The van der Waals surface area contributed by atoms with E-state index < -0.39 is 0 Å². The Bertz CT molecular complexity index is 1320. The van der Waals surface area contributed by atoms with Gasteiger partial charge in [0.05, 0.1) is 48.3 Å².